The van der Waals surface area contributed by atoms with E-state index < -0.39 is 4.87 Å². The number of thioether (sulfide) groups is 1. The Morgan fingerprint density at radius 3 is 2.64 bits per heavy atom. The third kappa shape index (κ3) is 3.47. The number of carbonyl (C=O) groups is 2. The van der Waals surface area contributed by atoms with Gasteiger partial charge in [-0.2, -0.15) is 0 Å². The molecule has 33 heavy (non-hydrogen) atoms. The van der Waals surface area contributed by atoms with E-state index in [-0.39, 0.29) is 24.2 Å². The topological polar surface area (TPSA) is 49.9 Å². The number of rotatable bonds is 4. The molecule has 0 aromatic heterocycles. The van der Waals surface area contributed by atoms with Crippen LogP contribution in [0.1, 0.15) is 21.5 Å². The van der Waals surface area contributed by atoms with Gasteiger partial charge in [0.1, 0.15) is 11.6 Å². The molecule has 5 nitrogen and oxygen atoms in total. The Morgan fingerprint density at radius 1 is 1.15 bits per heavy atom. The number of fused-ring (bicyclic) bond motifs is 2. The number of ether oxygens (including phenoxy) is 1. The summed E-state index contributed by atoms with van der Waals surface area (Å²) in [6.07, 6.45) is 0. The second-order valence-electron chi connectivity index (χ2n) is 7.82. The van der Waals surface area contributed by atoms with Crippen molar-refractivity contribution in [1.82, 2.24) is 4.90 Å². The van der Waals surface area contributed by atoms with Crippen molar-refractivity contribution in [2.45, 2.75) is 11.4 Å². The molecule has 0 aliphatic carbocycles. The van der Waals surface area contributed by atoms with Crippen molar-refractivity contribution < 1.29 is 18.7 Å². The van der Waals surface area contributed by atoms with Gasteiger partial charge in [-0.05, 0) is 48.5 Å². The van der Waals surface area contributed by atoms with Gasteiger partial charge in [0.05, 0.1) is 19.3 Å². The summed E-state index contributed by atoms with van der Waals surface area (Å²) in [7, 11) is 1.56. The maximum atomic E-state index is 14.5. The summed E-state index contributed by atoms with van der Waals surface area (Å²) in [4.78, 5) is 29.5. The zero-order chi connectivity index (χ0) is 23.2. The number of carbonyl (C=O) groups excluding carboxylic acids is 2. The molecule has 3 aromatic rings. The van der Waals surface area contributed by atoms with E-state index in [2.05, 4.69) is 0 Å². The average molecular weight is 483 g/mol. The van der Waals surface area contributed by atoms with Crippen molar-refractivity contribution in [2.75, 3.05) is 24.3 Å². The number of hydrogen-bond donors (Lipinski definition) is 0. The Morgan fingerprint density at radius 2 is 1.91 bits per heavy atom. The summed E-state index contributed by atoms with van der Waals surface area (Å²) in [5.41, 5.74) is 2.18. The first kappa shape index (κ1) is 21.8. The molecule has 5 rings (SSSR count). The number of halogens is 2. The molecule has 1 saturated heterocycles. The summed E-state index contributed by atoms with van der Waals surface area (Å²) in [5.74, 6) is 0.273. The second kappa shape index (κ2) is 8.39. The standard InChI is InChI=1S/C25H20ClFN2O3S/c1-32-19-10-11-22-20(14-19)25(24(31)28(22)15-17-4-2-3-5-21(17)27)29(12-13-33-25)23(30)16-6-8-18(26)9-7-16/h2-11,14H,12-13,15H2,1H3/t25-/m1/s1. The van der Waals surface area contributed by atoms with Crippen LogP contribution in [-0.2, 0) is 16.2 Å². The fourth-order valence-electron chi connectivity index (χ4n) is 4.42. The smallest absolute Gasteiger partial charge is 0.268 e. The zero-order valence-electron chi connectivity index (χ0n) is 17.8. The molecule has 2 aliphatic heterocycles. The Balaban J connectivity index is 1.62. The molecule has 0 saturated carbocycles. The second-order valence-corrected chi connectivity index (χ2v) is 9.55. The molecule has 2 heterocycles. The predicted octanol–water partition coefficient (Wildman–Crippen LogP) is 5.08. The van der Waals surface area contributed by atoms with E-state index in [1.165, 1.54) is 17.8 Å². The summed E-state index contributed by atoms with van der Waals surface area (Å²) < 4.78 is 19.9. The van der Waals surface area contributed by atoms with Gasteiger partial charge in [0.2, 0.25) is 0 Å². The average Bonchev–Trinajstić information content (AvgIpc) is 3.37. The largest absolute Gasteiger partial charge is 0.497 e. The van der Waals surface area contributed by atoms with E-state index >= 15 is 0 Å². The fourth-order valence-corrected chi connectivity index (χ4v) is 6.00. The zero-order valence-corrected chi connectivity index (χ0v) is 19.3. The third-order valence-corrected chi connectivity index (χ3v) is 7.69. The number of anilines is 1. The highest BCUT2D eigenvalue weighted by Gasteiger charge is 2.59. The van der Waals surface area contributed by atoms with E-state index in [1.54, 1.807) is 77.6 Å². The van der Waals surface area contributed by atoms with E-state index in [0.717, 1.165) is 0 Å². The van der Waals surface area contributed by atoms with Crippen molar-refractivity contribution in [3.63, 3.8) is 0 Å². The Kier molecular flexibility index (Phi) is 5.54. The number of hydrogen-bond acceptors (Lipinski definition) is 4. The Hall–Kier alpha value is -3.03. The third-order valence-electron chi connectivity index (χ3n) is 6.02. The Bertz CT molecular complexity index is 1250. The van der Waals surface area contributed by atoms with Crippen molar-refractivity contribution in [2.24, 2.45) is 0 Å². The van der Waals surface area contributed by atoms with Crippen LogP contribution in [0.15, 0.2) is 66.7 Å². The SMILES string of the molecule is COc1ccc2c(c1)[C@@]1(SCCN1C(=O)c1ccc(Cl)cc1)C(=O)N2Cc1ccccc1F. The monoisotopic (exact) mass is 482 g/mol. The lowest BCUT2D eigenvalue weighted by Gasteiger charge is -2.33. The van der Waals surface area contributed by atoms with Gasteiger partial charge in [0.25, 0.3) is 11.8 Å². The van der Waals surface area contributed by atoms with Crippen molar-refractivity contribution in [1.29, 1.82) is 0 Å². The van der Waals surface area contributed by atoms with Crippen LogP contribution in [0.3, 0.4) is 0 Å². The maximum Gasteiger partial charge on any atom is 0.268 e. The first-order valence-corrected chi connectivity index (χ1v) is 11.8. The van der Waals surface area contributed by atoms with E-state index in [0.29, 0.717) is 45.4 Å². The first-order chi connectivity index (χ1) is 16.0. The van der Waals surface area contributed by atoms with Gasteiger partial charge < -0.3 is 14.5 Å². The summed E-state index contributed by atoms with van der Waals surface area (Å²) in [6.45, 7) is 0.470. The number of amides is 2. The molecule has 1 atom stereocenters. The number of nitrogens with zero attached hydrogens (tertiary/aromatic N) is 2. The van der Waals surface area contributed by atoms with Gasteiger partial charge >= 0.3 is 0 Å². The van der Waals surface area contributed by atoms with Gasteiger partial charge in [0, 0.05) is 34.0 Å². The fraction of sp³-hybridized carbons (Fsp3) is 0.200. The Labute approximate surface area is 200 Å². The highest BCUT2D eigenvalue weighted by molar-refractivity contribution is 8.01. The van der Waals surface area contributed by atoms with Crippen LogP contribution in [0.4, 0.5) is 10.1 Å². The maximum absolute atomic E-state index is 14.5. The van der Waals surface area contributed by atoms with Crippen LogP contribution >= 0.6 is 23.4 Å². The quantitative estimate of drug-likeness (QED) is 0.520. The molecular weight excluding hydrogens is 463 g/mol. The molecular formula is C25H20ClFN2O3S. The number of benzene rings is 3. The molecule has 0 radical (unpaired) electrons. The molecule has 8 heteroatoms. The van der Waals surface area contributed by atoms with E-state index in [1.807, 2.05) is 0 Å². The minimum absolute atomic E-state index is 0.0656. The summed E-state index contributed by atoms with van der Waals surface area (Å²) in [5, 5.41) is 0.528. The van der Waals surface area contributed by atoms with Crippen LogP contribution < -0.4 is 9.64 Å². The molecule has 1 spiro atoms. The van der Waals surface area contributed by atoms with Crippen LogP contribution in [0, 0.1) is 5.82 Å². The van der Waals surface area contributed by atoms with Crippen LogP contribution in [0.2, 0.25) is 5.02 Å². The highest BCUT2D eigenvalue weighted by atomic mass is 35.5. The number of methoxy groups -OCH3 is 1. The molecule has 3 aromatic carbocycles. The molecule has 0 unspecified atom stereocenters. The molecule has 2 aliphatic rings. The van der Waals surface area contributed by atoms with Crippen LogP contribution in [0.5, 0.6) is 5.75 Å². The van der Waals surface area contributed by atoms with Crippen LogP contribution in [0.25, 0.3) is 0 Å². The van der Waals surface area contributed by atoms with Gasteiger partial charge in [-0.3, -0.25) is 9.59 Å². The van der Waals surface area contributed by atoms with E-state index in [4.69, 9.17) is 16.3 Å². The lowest BCUT2D eigenvalue weighted by atomic mass is 10.0. The summed E-state index contributed by atoms with van der Waals surface area (Å²) >= 11 is 7.41. The van der Waals surface area contributed by atoms with E-state index in [9.17, 15) is 14.0 Å². The molecule has 0 bridgehead atoms. The molecule has 2 amide bonds. The van der Waals surface area contributed by atoms with Crippen molar-refractivity contribution in [3.05, 3.63) is 94.3 Å². The minimum atomic E-state index is -1.24. The van der Waals surface area contributed by atoms with Crippen molar-refractivity contribution >= 4 is 40.9 Å². The van der Waals surface area contributed by atoms with Gasteiger partial charge in [-0.1, -0.05) is 29.8 Å². The highest BCUT2D eigenvalue weighted by Crippen LogP contribution is 2.55. The van der Waals surface area contributed by atoms with Gasteiger partial charge in [-0.25, -0.2) is 4.39 Å². The lowest BCUT2D eigenvalue weighted by Crippen LogP contribution is -2.50. The summed E-state index contributed by atoms with van der Waals surface area (Å²) in [6, 6.07) is 18.4. The molecule has 1 fully saturated rings. The lowest BCUT2D eigenvalue weighted by molar-refractivity contribution is -0.123. The van der Waals surface area contributed by atoms with Gasteiger partial charge in [0.15, 0.2) is 4.87 Å². The first-order valence-electron chi connectivity index (χ1n) is 10.4. The van der Waals surface area contributed by atoms with Crippen molar-refractivity contribution in [3.8, 4) is 5.75 Å². The predicted molar refractivity (Wildman–Crippen MR) is 127 cm³/mol. The normalized spacial score (nSPS) is 19.3. The molecule has 168 valence electrons. The van der Waals surface area contributed by atoms with Crippen LogP contribution in [-0.4, -0.2) is 36.1 Å². The van der Waals surface area contributed by atoms with Gasteiger partial charge in [-0.15, -0.1) is 11.8 Å². The minimum Gasteiger partial charge on any atom is -0.497 e. The molecule has 0 N–H and O–H groups in total.